The largest absolute Gasteiger partial charge is 0.345 e. The van der Waals surface area contributed by atoms with Crippen molar-refractivity contribution in [1.82, 2.24) is 19.9 Å². The summed E-state index contributed by atoms with van der Waals surface area (Å²) in [5, 5.41) is 0.832. The smallest absolute Gasteiger partial charge is 0.274 e. The molecule has 1 saturated heterocycles. The van der Waals surface area contributed by atoms with Crippen LogP contribution >= 0.6 is 11.3 Å². The second-order valence-corrected chi connectivity index (χ2v) is 10.4. The summed E-state index contributed by atoms with van der Waals surface area (Å²) >= 11 is 1.47. The molecule has 0 spiro atoms. The van der Waals surface area contributed by atoms with E-state index in [2.05, 4.69) is 19.9 Å². The Hall–Kier alpha value is -3.11. The number of benzene rings is 2. The lowest BCUT2D eigenvalue weighted by atomic mass is 10.2. The van der Waals surface area contributed by atoms with Crippen molar-refractivity contribution < 1.29 is 13.2 Å². The Morgan fingerprint density at radius 3 is 2.45 bits per heavy atom. The van der Waals surface area contributed by atoms with Crippen molar-refractivity contribution in [2.24, 2.45) is 0 Å². The van der Waals surface area contributed by atoms with Gasteiger partial charge in [-0.3, -0.25) is 9.78 Å². The van der Waals surface area contributed by atoms with Gasteiger partial charge in [-0.05, 0) is 30.3 Å². The number of sulfone groups is 1. The van der Waals surface area contributed by atoms with Gasteiger partial charge in [-0.15, -0.1) is 0 Å². The van der Waals surface area contributed by atoms with E-state index in [0.717, 1.165) is 20.9 Å². The summed E-state index contributed by atoms with van der Waals surface area (Å²) in [7, 11) is -3.26. The van der Waals surface area contributed by atoms with Gasteiger partial charge in [0.1, 0.15) is 5.69 Å². The van der Waals surface area contributed by atoms with Gasteiger partial charge >= 0.3 is 0 Å². The highest BCUT2D eigenvalue weighted by molar-refractivity contribution is 7.90. The van der Waals surface area contributed by atoms with Crippen LogP contribution in [0.2, 0.25) is 0 Å². The van der Waals surface area contributed by atoms with E-state index in [0.29, 0.717) is 42.3 Å². The fraction of sp³-hybridized carbons (Fsp3) is 0.238. The van der Waals surface area contributed by atoms with Crippen LogP contribution in [0, 0.1) is 0 Å². The first kappa shape index (κ1) is 19.8. The second-order valence-electron chi connectivity index (χ2n) is 7.42. The molecule has 0 saturated carbocycles. The number of nitrogens with zero attached hydrogens (tertiary/aromatic N) is 5. The topological polar surface area (TPSA) is 96.4 Å². The second kappa shape index (κ2) is 7.54. The highest BCUT2D eigenvalue weighted by Crippen LogP contribution is 2.31. The Morgan fingerprint density at radius 1 is 0.968 bits per heavy atom. The summed E-state index contributed by atoms with van der Waals surface area (Å²) in [6.07, 6.45) is 2.73. The summed E-state index contributed by atoms with van der Waals surface area (Å²) in [5.41, 5.74) is 2.59. The predicted octanol–water partition coefficient (Wildman–Crippen LogP) is 2.61. The molecule has 0 bridgehead atoms. The number of hydrogen-bond acceptors (Lipinski definition) is 8. The van der Waals surface area contributed by atoms with E-state index < -0.39 is 9.84 Å². The molecule has 3 heterocycles. The number of anilines is 1. The summed E-state index contributed by atoms with van der Waals surface area (Å²) in [4.78, 5) is 30.5. The van der Waals surface area contributed by atoms with E-state index in [-0.39, 0.29) is 5.91 Å². The SMILES string of the molecule is CS(=O)(=O)c1ccc2nc(N3CCN(C(=O)c4cnc5ccccc5n4)CC3)sc2c1. The summed E-state index contributed by atoms with van der Waals surface area (Å²) < 4.78 is 24.4. The van der Waals surface area contributed by atoms with Crippen LogP contribution in [-0.4, -0.2) is 66.6 Å². The zero-order valence-electron chi connectivity index (χ0n) is 16.7. The van der Waals surface area contributed by atoms with Gasteiger partial charge in [0.2, 0.25) is 0 Å². The van der Waals surface area contributed by atoms with E-state index in [1.807, 2.05) is 24.3 Å². The number of hydrogen-bond donors (Lipinski definition) is 0. The molecule has 1 fully saturated rings. The zero-order valence-corrected chi connectivity index (χ0v) is 18.4. The molecule has 5 rings (SSSR count). The molecular weight excluding hydrogens is 434 g/mol. The molecule has 2 aromatic heterocycles. The van der Waals surface area contributed by atoms with Gasteiger partial charge in [-0.2, -0.15) is 0 Å². The quantitative estimate of drug-likeness (QED) is 0.470. The first-order valence-corrected chi connectivity index (χ1v) is 12.5. The van der Waals surface area contributed by atoms with Crippen LogP contribution in [-0.2, 0) is 9.84 Å². The van der Waals surface area contributed by atoms with Gasteiger partial charge in [-0.25, -0.2) is 18.4 Å². The molecule has 0 N–H and O–H groups in total. The molecule has 4 aromatic rings. The van der Waals surface area contributed by atoms with E-state index >= 15 is 0 Å². The lowest BCUT2D eigenvalue weighted by Crippen LogP contribution is -2.49. The number of carbonyl (C=O) groups is 1. The Balaban J connectivity index is 1.31. The van der Waals surface area contributed by atoms with E-state index in [1.54, 1.807) is 23.1 Å². The van der Waals surface area contributed by atoms with Crippen molar-refractivity contribution in [3.05, 3.63) is 54.4 Å². The third-order valence-corrected chi connectivity index (χ3v) is 7.47. The number of fused-ring (bicyclic) bond motifs is 2. The standard InChI is InChI=1S/C21H19N5O3S2/c1-31(28,29)14-6-7-17-19(12-14)30-21(24-17)26-10-8-25(9-11-26)20(27)18-13-22-15-4-2-3-5-16(15)23-18/h2-7,12-13H,8-11H2,1H3. The Morgan fingerprint density at radius 2 is 1.71 bits per heavy atom. The summed E-state index contributed by atoms with van der Waals surface area (Å²) in [6, 6.07) is 12.5. The van der Waals surface area contributed by atoms with Crippen molar-refractivity contribution in [1.29, 1.82) is 0 Å². The van der Waals surface area contributed by atoms with Crippen molar-refractivity contribution in [3.8, 4) is 0 Å². The highest BCUT2D eigenvalue weighted by atomic mass is 32.2. The molecule has 0 radical (unpaired) electrons. The van der Waals surface area contributed by atoms with Gasteiger partial charge in [-0.1, -0.05) is 23.5 Å². The van der Waals surface area contributed by atoms with Crippen LogP contribution in [0.1, 0.15) is 10.5 Å². The molecular formula is C21H19N5O3S2. The Labute approximate surface area is 183 Å². The molecule has 31 heavy (non-hydrogen) atoms. The van der Waals surface area contributed by atoms with Crippen molar-refractivity contribution >= 4 is 53.5 Å². The lowest BCUT2D eigenvalue weighted by Gasteiger charge is -2.34. The van der Waals surface area contributed by atoms with Gasteiger partial charge in [0.25, 0.3) is 5.91 Å². The van der Waals surface area contributed by atoms with Crippen LogP contribution in [0.3, 0.4) is 0 Å². The summed E-state index contributed by atoms with van der Waals surface area (Å²) in [6.45, 7) is 2.40. The number of carbonyl (C=O) groups excluding carboxylic acids is 1. The number of piperazine rings is 1. The minimum absolute atomic E-state index is 0.125. The van der Waals surface area contributed by atoms with Crippen LogP contribution < -0.4 is 4.90 Å². The van der Waals surface area contributed by atoms with Crippen LogP contribution in [0.15, 0.2) is 53.6 Å². The molecule has 1 aliphatic heterocycles. The molecule has 8 nitrogen and oxygen atoms in total. The van der Waals surface area contributed by atoms with Gasteiger partial charge in [0, 0.05) is 32.4 Å². The molecule has 1 aliphatic rings. The molecule has 2 aromatic carbocycles. The average molecular weight is 454 g/mol. The van der Waals surface area contributed by atoms with Crippen LogP contribution in [0.4, 0.5) is 5.13 Å². The molecule has 0 unspecified atom stereocenters. The van der Waals surface area contributed by atoms with Crippen molar-refractivity contribution in [3.63, 3.8) is 0 Å². The lowest BCUT2D eigenvalue weighted by molar-refractivity contribution is 0.0741. The maximum Gasteiger partial charge on any atom is 0.274 e. The zero-order chi connectivity index (χ0) is 21.6. The normalized spacial score (nSPS) is 15.0. The maximum absolute atomic E-state index is 12.9. The third kappa shape index (κ3) is 3.84. The summed E-state index contributed by atoms with van der Waals surface area (Å²) in [5.74, 6) is -0.125. The maximum atomic E-state index is 12.9. The number of rotatable bonds is 3. The molecule has 158 valence electrons. The molecule has 0 atom stereocenters. The minimum Gasteiger partial charge on any atom is -0.345 e. The number of thiazole rings is 1. The average Bonchev–Trinajstić information content (AvgIpc) is 3.21. The highest BCUT2D eigenvalue weighted by Gasteiger charge is 2.25. The molecule has 0 aliphatic carbocycles. The van der Waals surface area contributed by atoms with Crippen LogP contribution in [0.5, 0.6) is 0 Å². The number of aromatic nitrogens is 3. The Bertz CT molecular complexity index is 1410. The van der Waals surface area contributed by atoms with E-state index in [4.69, 9.17) is 0 Å². The van der Waals surface area contributed by atoms with Gasteiger partial charge in [0.05, 0.1) is 32.3 Å². The van der Waals surface area contributed by atoms with Gasteiger partial charge in [0.15, 0.2) is 15.0 Å². The molecule has 10 heteroatoms. The van der Waals surface area contributed by atoms with E-state index in [9.17, 15) is 13.2 Å². The molecule has 1 amide bonds. The first-order chi connectivity index (χ1) is 14.9. The fourth-order valence-corrected chi connectivity index (χ4v) is 5.36. The first-order valence-electron chi connectivity index (χ1n) is 9.75. The van der Waals surface area contributed by atoms with Crippen LogP contribution in [0.25, 0.3) is 21.3 Å². The fourth-order valence-electron chi connectivity index (χ4n) is 3.58. The van der Waals surface area contributed by atoms with Gasteiger partial charge < -0.3 is 9.80 Å². The minimum atomic E-state index is -3.26. The number of para-hydroxylation sites is 2. The number of amides is 1. The monoisotopic (exact) mass is 453 g/mol. The Kier molecular flexibility index (Phi) is 4.82. The van der Waals surface area contributed by atoms with E-state index in [1.165, 1.54) is 23.8 Å². The van der Waals surface area contributed by atoms with Crippen molar-refractivity contribution in [2.75, 3.05) is 37.3 Å². The predicted molar refractivity (Wildman–Crippen MR) is 120 cm³/mol. The third-order valence-electron chi connectivity index (χ3n) is 5.28. The van der Waals surface area contributed by atoms with Crippen molar-refractivity contribution in [2.45, 2.75) is 4.90 Å².